The van der Waals surface area contributed by atoms with Gasteiger partial charge >= 0.3 is 5.97 Å². The fourth-order valence-corrected chi connectivity index (χ4v) is 5.54. The number of carboxylic acid groups (broad SMARTS) is 1. The molecule has 0 bridgehead atoms. The summed E-state index contributed by atoms with van der Waals surface area (Å²) in [6.45, 7) is 10.9. The number of carboxylic acids is 1. The summed E-state index contributed by atoms with van der Waals surface area (Å²) in [5.41, 5.74) is 5.47. The molecule has 6 nitrogen and oxygen atoms in total. The molecule has 0 saturated heterocycles. The second-order valence-corrected chi connectivity index (χ2v) is 11.8. The highest BCUT2D eigenvalue weighted by atomic mass is 16.5. The number of carbonyl (C=O) groups excluding carboxylic acids is 1. The van der Waals surface area contributed by atoms with Crippen LogP contribution in [0.15, 0.2) is 42.5 Å². The number of unbranched alkanes of at least 4 members (excludes halogenated alkanes) is 5. The summed E-state index contributed by atoms with van der Waals surface area (Å²) < 4.78 is 5.47. The second kappa shape index (κ2) is 18.3. The van der Waals surface area contributed by atoms with E-state index in [1.165, 1.54) is 11.1 Å². The van der Waals surface area contributed by atoms with Crippen LogP contribution in [0.25, 0.3) is 0 Å². The number of aliphatic carboxylic acids is 1. The van der Waals surface area contributed by atoms with Crippen molar-refractivity contribution in [2.24, 2.45) is 0 Å². The van der Waals surface area contributed by atoms with E-state index in [1.54, 1.807) is 6.07 Å². The van der Waals surface area contributed by atoms with E-state index in [4.69, 9.17) is 9.84 Å². The Labute approximate surface area is 253 Å². The molecule has 0 fully saturated rings. The molecule has 0 spiro atoms. The average molecular weight is 580 g/mol. The molecule has 0 aliphatic rings. The van der Waals surface area contributed by atoms with Gasteiger partial charge in [-0.2, -0.15) is 0 Å². The van der Waals surface area contributed by atoms with Gasteiger partial charge in [0.1, 0.15) is 11.5 Å². The van der Waals surface area contributed by atoms with Crippen molar-refractivity contribution in [1.29, 1.82) is 0 Å². The lowest BCUT2D eigenvalue weighted by Gasteiger charge is -2.24. The number of carbonyl (C=O) groups is 2. The molecule has 2 aromatic carbocycles. The van der Waals surface area contributed by atoms with E-state index in [9.17, 15) is 14.7 Å². The molecule has 0 heterocycles. The summed E-state index contributed by atoms with van der Waals surface area (Å²) in [5.74, 6) is 0.501. The third-order valence-electron chi connectivity index (χ3n) is 7.93. The first-order valence-corrected chi connectivity index (χ1v) is 15.7. The van der Waals surface area contributed by atoms with Crippen LogP contribution in [0.3, 0.4) is 0 Å². The first-order chi connectivity index (χ1) is 20.0. The van der Waals surface area contributed by atoms with Gasteiger partial charge in [-0.3, -0.25) is 4.79 Å². The van der Waals surface area contributed by atoms with E-state index in [0.29, 0.717) is 17.9 Å². The van der Waals surface area contributed by atoms with Gasteiger partial charge in [0.15, 0.2) is 6.61 Å². The van der Waals surface area contributed by atoms with E-state index in [0.717, 1.165) is 81.0 Å². The van der Waals surface area contributed by atoms with Crippen LogP contribution in [-0.2, 0) is 9.59 Å². The van der Waals surface area contributed by atoms with E-state index >= 15 is 0 Å². The lowest BCUT2D eigenvalue weighted by atomic mass is 9.81. The highest BCUT2D eigenvalue weighted by Gasteiger charge is 2.21. The Hall–Kier alpha value is -3.28. The third kappa shape index (κ3) is 11.5. The minimum atomic E-state index is -0.995. The Morgan fingerprint density at radius 1 is 0.952 bits per heavy atom. The standard InChI is InChI=1S/C36H53NO5/c1-7-8-21-37(6)34(39)18-16-14-12-10-9-11-13-15-17-31(29-19-20-33(38)32(24-29)26(2)3)36-27(4)22-30(23-28(36)5)42-25-35(40)41/h11,13,19-20,22-24,26,31,38H,7-10,12,14-18,21,25H2,1-6H3,(H,40,41)/b13-11+. The molecule has 0 aliphatic carbocycles. The quantitative estimate of drug-likeness (QED) is 0.128. The zero-order valence-corrected chi connectivity index (χ0v) is 26.7. The average Bonchev–Trinajstić information content (AvgIpc) is 2.94. The normalized spacial score (nSPS) is 12.2. The molecular weight excluding hydrogens is 526 g/mol. The minimum absolute atomic E-state index is 0.134. The van der Waals surface area contributed by atoms with Crippen LogP contribution in [0.1, 0.15) is 125 Å². The third-order valence-corrected chi connectivity index (χ3v) is 7.93. The minimum Gasteiger partial charge on any atom is -0.508 e. The Kier molecular flexibility index (Phi) is 15.2. The summed E-state index contributed by atoms with van der Waals surface area (Å²) in [5, 5.41) is 19.5. The number of benzene rings is 2. The Bertz CT molecular complexity index is 1150. The second-order valence-electron chi connectivity index (χ2n) is 11.8. The number of phenolic OH excluding ortho intramolecular Hbond substituents is 1. The number of hydrogen-bond acceptors (Lipinski definition) is 4. The predicted octanol–water partition coefficient (Wildman–Crippen LogP) is 8.66. The van der Waals surface area contributed by atoms with Crippen molar-refractivity contribution < 1.29 is 24.5 Å². The van der Waals surface area contributed by atoms with Crippen molar-refractivity contribution in [3.8, 4) is 11.5 Å². The number of aromatic hydroxyl groups is 1. The maximum atomic E-state index is 12.2. The van der Waals surface area contributed by atoms with Crippen LogP contribution < -0.4 is 4.74 Å². The summed E-state index contributed by atoms with van der Waals surface area (Å²) in [6, 6.07) is 9.81. The van der Waals surface area contributed by atoms with Crippen molar-refractivity contribution in [3.05, 3.63) is 70.3 Å². The van der Waals surface area contributed by atoms with Gasteiger partial charge in [0.05, 0.1) is 0 Å². The number of phenols is 1. The predicted molar refractivity (Wildman–Crippen MR) is 172 cm³/mol. The maximum absolute atomic E-state index is 12.2. The Balaban J connectivity index is 2.00. The largest absolute Gasteiger partial charge is 0.508 e. The van der Waals surface area contributed by atoms with Crippen molar-refractivity contribution >= 4 is 11.9 Å². The monoisotopic (exact) mass is 579 g/mol. The number of allylic oxidation sites excluding steroid dienone is 2. The SMILES string of the molecule is CCCCN(C)C(=O)CCCCCC/C=C/CCC(c1ccc(O)c(C(C)C)c1)c1c(C)cc(OCC(=O)O)cc1C. The zero-order valence-electron chi connectivity index (χ0n) is 26.7. The molecule has 6 heteroatoms. The lowest BCUT2D eigenvalue weighted by Crippen LogP contribution is -2.27. The number of aryl methyl sites for hydroxylation is 2. The number of hydrogen-bond donors (Lipinski definition) is 2. The molecule has 1 unspecified atom stereocenters. The fourth-order valence-electron chi connectivity index (χ4n) is 5.54. The molecule has 2 N–H and O–H groups in total. The molecule has 232 valence electrons. The molecule has 0 saturated carbocycles. The van der Waals surface area contributed by atoms with Crippen LogP contribution >= 0.6 is 0 Å². The molecule has 2 rings (SSSR count). The van der Waals surface area contributed by atoms with Gasteiger partial charge in [-0.05, 0) is 104 Å². The van der Waals surface area contributed by atoms with Gasteiger partial charge in [-0.1, -0.05) is 64.3 Å². The van der Waals surface area contributed by atoms with Gasteiger partial charge < -0.3 is 19.8 Å². The molecule has 0 aliphatic heterocycles. The van der Waals surface area contributed by atoms with Gasteiger partial charge in [0.2, 0.25) is 5.91 Å². The van der Waals surface area contributed by atoms with Gasteiger partial charge in [-0.15, -0.1) is 0 Å². The van der Waals surface area contributed by atoms with E-state index in [2.05, 4.69) is 52.8 Å². The molecule has 0 radical (unpaired) electrons. The van der Waals surface area contributed by atoms with Gasteiger partial charge in [-0.25, -0.2) is 4.79 Å². The highest BCUT2D eigenvalue weighted by molar-refractivity contribution is 5.75. The van der Waals surface area contributed by atoms with Crippen LogP contribution in [0.2, 0.25) is 0 Å². The topological polar surface area (TPSA) is 87.1 Å². The van der Waals surface area contributed by atoms with E-state index in [-0.39, 0.29) is 24.3 Å². The number of amides is 1. The summed E-state index contributed by atoms with van der Waals surface area (Å²) in [7, 11) is 1.91. The van der Waals surface area contributed by atoms with Crippen molar-refractivity contribution in [2.75, 3.05) is 20.2 Å². The first-order valence-electron chi connectivity index (χ1n) is 15.7. The summed E-state index contributed by atoms with van der Waals surface area (Å²) in [6.07, 6.45) is 14.6. The Morgan fingerprint density at radius 2 is 1.62 bits per heavy atom. The molecule has 1 amide bonds. The summed E-state index contributed by atoms with van der Waals surface area (Å²) in [4.78, 5) is 25.0. The highest BCUT2D eigenvalue weighted by Crippen LogP contribution is 2.38. The molecule has 2 aromatic rings. The van der Waals surface area contributed by atoms with Crippen LogP contribution in [0, 0.1) is 13.8 Å². The van der Waals surface area contributed by atoms with Crippen LogP contribution in [0.4, 0.5) is 0 Å². The van der Waals surface area contributed by atoms with Crippen molar-refractivity contribution in [1.82, 2.24) is 4.90 Å². The van der Waals surface area contributed by atoms with Gasteiger partial charge in [0.25, 0.3) is 0 Å². The van der Waals surface area contributed by atoms with Gasteiger partial charge in [0, 0.05) is 25.9 Å². The fraction of sp³-hybridized carbons (Fsp3) is 0.556. The Morgan fingerprint density at radius 3 is 2.26 bits per heavy atom. The van der Waals surface area contributed by atoms with Crippen molar-refractivity contribution in [3.63, 3.8) is 0 Å². The zero-order chi connectivity index (χ0) is 31.1. The smallest absolute Gasteiger partial charge is 0.341 e. The molecule has 42 heavy (non-hydrogen) atoms. The van der Waals surface area contributed by atoms with Crippen LogP contribution in [0.5, 0.6) is 11.5 Å². The van der Waals surface area contributed by atoms with Crippen LogP contribution in [-0.4, -0.2) is 47.2 Å². The molecule has 0 aromatic heterocycles. The lowest BCUT2D eigenvalue weighted by molar-refractivity contribution is -0.139. The summed E-state index contributed by atoms with van der Waals surface area (Å²) >= 11 is 0. The molecule has 1 atom stereocenters. The molecular formula is C36H53NO5. The number of ether oxygens (including phenoxy) is 1. The maximum Gasteiger partial charge on any atom is 0.341 e. The van der Waals surface area contributed by atoms with Crippen molar-refractivity contribution in [2.45, 2.75) is 111 Å². The van der Waals surface area contributed by atoms with E-state index in [1.807, 2.05) is 30.1 Å². The van der Waals surface area contributed by atoms with E-state index < -0.39 is 5.97 Å². The first kappa shape index (κ1) is 34.9. The number of rotatable bonds is 19. The number of nitrogens with zero attached hydrogens (tertiary/aromatic N) is 1.